The van der Waals surface area contributed by atoms with Gasteiger partial charge in [-0.1, -0.05) is 30.3 Å². The molecular weight excluding hydrogens is 174 g/mol. The van der Waals surface area contributed by atoms with Gasteiger partial charge >= 0.3 is 0 Å². The van der Waals surface area contributed by atoms with Crippen molar-refractivity contribution in [3.63, 3.8) is 0 Å². The first-order chi connectivity index (χ1) is 5.43. The maximum Gasteiger partial charge on any atom is 0.0967 e. The lowest BCUT2D eigenvalue weighted by atomic mass is 10.2. The predicted molar refractivity (Wildman–Crippen MR) is 52.4 cm³/mol. The van der Waals surface area contributed by atoms with Gasteiger partial charge in [-0.25, -0.2) is 0 Å². The third-order valence-corrected chi connectivity index (χ3v) is 1.36. The third kappa shape index (κ3) is 4.34. The van der Waals surface area contributed by atoms with Crippen LogP contribution in [0.1, 0.15) is 5.56 Å². The van der Waals surface area contributed by atoms with E-state index in [1.165, 1.54) is 5.56 Å². The van der Waals surface area contributed by atoms with E-state index in [0.717, 1.165) is 0 Å². The van der Waals surface area contributed by atoms with Crippen LogP contribution in [0.5, 0.6) is 0 Å². The van der Waals surface area contributed by atoms with Gasteiger partial charge in [0.05, 0.1) is 13.3 Å². The highest BCUT2D eigenvalue weighted by Crippen LogP contribution is 1.98. The van der Waals surface area contributed by atoms with E-state index in [1.807, 2.05) is 25.2 Å². The van der Waals surface area contributed by atoms with Crippen LogP contribution in [0.15, 0.2) is 30.3 Å². The second-order valence-corrected chi connectivity index (χ2v) is 2.33. The average molecular weight is 188 g/mol. The van der Waals surface area contributed by atoms with E-state index in [0.29, 0.717) is 13.3 Å². The summed E-state index contributed by atoms with van der Waals surface area (Å²) in [6.07, 6.45) is 0. The Morgan fingerprint density at radius 2 is 1.92 bits per heavy atom. The van der Waals surface area contributed by atoms with Crippen molar-refractivity contribution in [2.75, 3.05) is 13.8 Å². The number of rotatable bonds is 4. The van der Waals surface area contributed by atoms with Gasteiger partial charge in [-0.15, -0.1) is 12.4 Å². The van der Waals surface area contributed by atoms with Crippen molar-refractivity contribution in [2.45, 2.75) is 6.61 Å². The zero-order valence-electron chi connectivity index (χ0n) is 7.12. The van der Waals surface area contributed by atoms with Crippen molar-refractivity contribution in [3.05, 3.63) is 35.9 Å². The zero-order chi connectivity index (χ0) is 7.94. The van der Waals surface area contributed by atoms with Crippen LogP contribution in [-0.2, 0) is 11.3 Å². The predicted octanol–water partition coefficient (Wildman–Crippen LogP) is 1.80. The lowest BCUT2D eigenvalue weighted by molar-refractivity contribution is 0.109. The van der Waals surface area contributed by atoms with E-state index < -0.39 is 0 Å². The van der Waals surface area contributed by atoms with Crippen LogP contribution in [0.2, 0.25) is 0 Å². The Bertz CT molecular complexity index is 191. The van der Waals surface area contributed by atoms with Gasteiger partial charge in [-0.2, -0.15) is 0 Å². The van der Waals surface area contributed by atoms with E-state index in [2.05, 4.69) is 17.4 Å². The SMILES string of the molecule is CNCOCc1ccccc1.Cl. The lowest BCUT2D eigenvalue weighted by Crippen LogP contribution is -2.11. The molecule has 0 radical (unpaired) electrons. The fraction of sp³-hybridized carbons (Fsp3) is 0.333. The molecule has 0 heterocycles. The minimum absolute atomic E-state index is 0. The molecule has 0 saturated heterocycles. The van der Waals surface area contributed by atoms with Crippen molar-refractivity contribution in [1.29, 1.82) is 0 Å². The summed E-state index contributed by atoms with van der Waals surface area (Å²) in [4.78, 5) is 0. The molecule has 0 bridgehead atoms. The Balaban J connectivity index is 0.00000121. The molecule has 1 rings (SSSR count). The summed E-state index contributed by atoms with van der Waals surface area (Å²) in [6, 6.07) is 10.1. The molecule has 3 heteroatoms. The second kappa shape index (κ2) is 7.10. The Morgan fingerprint density at radius 1 is 1.25 bits per heavy atom. The summed E-state index contributed by atoms with van der Waals surface area (Å²) in [5.74, 6) is 0. The second-order valence-electron chi connectivity index (χ2n) is 2.33. The summed E-state index contributed by atoms with van der Waals surface area (Å²) in [5, 5.41) is 2.92. The Hall–Kier alpha value is -0.570. The lowest BCUT2D eigenvalue weighted by Gasteiger charge is -2.01. The number of halogens is 1. The Labute approximate surface area is 79.3 Å². The molecule has 0 unspecified atom stereocenters. The molecule has 12 heavy (non-hydrogen) atoms. The minimum Gasteiger partial charge on any atom is -0.362 e. The highest BCUT2D eigenvalue weighted by molar-refractivity contribution is 5.85. The first-order valence-corrected chi connectivity index (χ1v) is 3.70. The van der Waals surface area contributed by atoms with Gasteiger partial charge in [-0.3, -0.25) is 5.32 Å². The smallest absolute Gasteiger partial charge is 0.0967 e. The Kier molecular flexibility index (Phi) is 6.76. The first-order valence-electron chi connectivity index (χ1n) is 3.70. The highest BCUT2D eigenvalue weighted by Gasteiger charge is 1.88. The summed E-state index contributed by atoms with van der Waals surface area (Å²) in [5.41, 5.74) is 1.21. The molecule has 0 aliphatic carbocycles. The third-order valence-electron chi connectivity index (χ3n) is 1.36. The van der Waals surface area contributed by atoms with Crippen LogP contribution in [0, 0.1) is 0 Å². The molecule has 0 saturated carbocycles. The van der Waals surface area contributed by atoms with Gasteiger partial charge in [-0.05, 0) is 12.6 Å². The fourth-order valence-electron chi connectivity index (χ4n) is 0.845. The number of hydrogen-bond donors (Lipinski definition) is 1. The van der Waals surface area contributed by atoms with Crippen molar-refractivity contribution in [3.8, 4) is 0 Å². The van der Waals surface area contributed by atoms with Crippen molar-refractivity contribution in [2.24, 2.45) is 0 Å². The number of ether oxygens (including phenoxy) is 1. The molecule has 68 valence electrons. The van der Waals surface area contributed by atoms with Gasteiger partial charge in [0.25, 0.3) is 0 Å². The van der Waals surface area contributed by atoms with Crippen molar-refractivity contribution >= 4 is 12.4 Å². The highest BCUT2D eigenvalue weighted by atomic mass is 35.5. The molecule has 0 aliphatic rings. The molecule has 0 atom stereocenters. The van der Waals surface area contributed by atoms with Gasteiger partial charge in [0.15, 0.2) is 0 Å². The number of hydrogen-bond acceptors (Lipinski definition) is 2. The average Bonchev–Trinajstić information content (AvgIpc) is 2.07. The summed E-state index contributed by atoms with van der Waals surface area (Å²) >= 11 is 0. The molecule has 1 aromatic rings. The van der Waals surface area contributed by atoms with Crippen molar-refractivity contribution in [1.82, 2.24) is 5.32 Å². The maximum atomic E-state index is 5.26. The van der Waals surface area contributed by atoms with Gasteiger partial charge in [0.1, 0.15) is 0 Å². The monoisotopic (exact) mass is 187 g/mol. The van der Waals surface area contributed by atoms with E-state index in [-0.39, 0.29) is 12.4 Å². The van der Waals surface area contributed by atoms with Crippen LogP contribution in [-0.4, -0.2) is 13.8 Å². The van der Waals surface area contributed by atoms with Crippen LogP contribution < -0.4 is 5.32 Å². The molecular formula is C9H14ClNO. The quantitative estimate of drug-likeness (QED) is 0.574. The van der Waals surface area contributed by atoms with E-state index in [9.17, 15) is 0 Å². The molecule has 0 fully saturated rings. The fourth-order valence-corrected chi connectivity index (χ4v) is 0.845. The molecule has 1 N–H and O–H groups in total. The summed E-state index contributed by atoms with van der Waals surface area (Å²) < 4.78 is 5.26. The van der Waals surface area contributed by atoms with Crippen LogP contribution in [0.25, 0.3) is 0 Å². The van der Waals surface area contributed by atoms with Crippen LogP contribution in [0.3, 0.4) is 0 Å². The Morgan fingerprint density at radius 3 is 2.50 bits per heavy atom. The standard InChI is InChI=1S/C9H13NO.ClH/c1-10-8-11-7-9-5-3-2-4-6-9;/h2-6,10H,7-8H2,1H3;1H. The minimum atomic E-state index is 0. The number of nitrogens with one attached hydrogen (secondary N) is 1. The normalized spacial score (nSPS) is 9.08. The van der Waals surface area contributed by atoms with Crippen LogP contribution >= 0.6 is 12.4 Å². The molecule has 0 aliphatic heterocycles. The molecule has 2 nitrogen and oxygen atoms in total. The van der Waals surface area contributed by atoms with E-state index >= 15 is 0 Å². The largest absolute Gasteiger partial charge is 0.362 e. The molecule has 0 aromatic heterocycles. The van der Waals surface area contributed by atoms with Gasteiger partial charge in [0.2, 0.25) is 0 Å². The maximum absolute atomic E-state index is 5.26. The van der Waals surface area contributed by atoms with Gasteiger partial charge < -0.3 is 4.74 Å². The van der Waals surface area contributed by atoms with Crippen LogP contribution in [0.4, 0.5) is 0 Å². The number of benzene rings is 1. The summed E-state index contributed by atoms with van der Waals surface area (Å²) in [6.45, 7) is 1.29. The topological polar surface area (TPSA) is 21.3 Å². The zero-order valence-corrected chi connectivity index (χ0v) is 7.93. The first kappa shape index (κ1) is 11.4. The van der Waals surface area contributed by atoms with Gasteiger partial charge in [0, 0.05) is 0 Å². The summed E-state index contributed by atoms with van der Waals surface area (Å²) in [7, 11) is 1.87. The molecule has 0 spiro atoms. The van der Waals surface area contributed by atoms with Crippen molar-refractivity contribution < 1.29 is 4.74 Å². The van der Waals surface area contributed by atoms with E-state index in [4.69, 9.17) is 4.74 Å². The van der Waals surface area contributed by atoms with E-state index in [1.54, 1.807) is 0 Å². The molecule has 0 amide bonds. The molecule has 1 aromatic carbocycles.